The molecule has 1 fully saturated rings. The van der Waals surface area contributed by atoms with E-state index in [0.717, 1.165) is 19.3 Å². The molecule has 1 aliphatic rings. The molecule has 1 aliphatic carbocycles. The predicted octanol–water partition coefficient (Wildman–Crippen LogP) is 1.18. The maximum atomic E-state index is 11.4. The summed E-state index contributed by atoms with van der Waals surface area (Å²) in [6.07, 6.45) is 3.08. The molecule has 0 heterocycles. The molecule has 0 aromatic heterocycles. The Morgan fingerprint density at radius 1 is 1.29 bits per heavy atom. The Morgan fingerprint density at radius 2 is 2.00 bits per heavy atom. The van der Waals surface area contributed by atoms with Gasteiger partial charge in [0.25, 0.3) is 0 Å². The number of aliphatic carboxylic acids is 1. The molecule has 0 spiro atoms. The number of carbonyl (C=O) groups excluding carboxylic acids is 2. The van der Waals surface area contributed by atoms with E-state index in [0.29, 0.717) is 12.8 Å². The summed E-state index contributed by atoms with van der Waals surface area (Å²) in [4.78, 5) is 33.1. The number of hydrogen-bond acceptors (Lipinski definition) is 3. The van der Waals surface area contributed by atoms with Crippen molar-refractivity contribution in [3.63, 3.8) is 0 Å². The fourth-order valence-corrected chi connectivity index (χ4v) is 1.77. The van der Waals surface area contributed by atoms with Crippen LogP contribution >= 0.6 is 0 Å². The number of Topliss-reactive ketones (excluding diaryl/α,β-unsaturated/α-hetero) is 2. The summed E-state index contributed by atoms with van der Waals surface area (Å²) in [6, 6.07) is 0. The molecule has 0 amide bonds. The van der Waals surface area contributed by atoms with E-state index in [1.165, 1.54) is 0 Å². The first kappa shape index (κ1) is 10.9. The van der Waals surface area contributed by atoms with Gasteiger partial charge in [0, 0.05) is 6.42 Å². The van der Waals surface area contributed by atoms with Gasteiger partial charge in [0.2, 0.25) is 0 Å². The smallest absolute Gasteiger partial charge is 0.310 e. The van der Waals surface area contributed by atoms with Crippen LogP contribution in [0.3, 0.4) is 0 Å². The van der Waals surface area contributed by atoms with Crippen molar-refractivity contribution in [2.24, 2.45) is 5.92 Å². The average molecular weight is 198 g/mol. The van der Waals surface area contributed by atoms with Crippen LogP contribution in [0.2, 0.25) is 0 Å². The largest absolute Gasteiger partial charge is 0.481 e. The van der Waals surface area contributed by atoms with Crippen LogP contribution in [-0.2, 0) is 14.4 Å². The summed E-state index contributed by atoms with van der Waals surface area (Å²) in [5, 5.41) is 8.44. The van der Waals surface area contributed by atoms with Crippen molar-refractivity contribution in [1.82, 2.24) is 0 Å². The molecule has 1 unspecified atom stereocenters. The molecule has 4 nitrogen and oxygen atoms in total. The van der Waals surface area contributed by atoms with Crippen molar-refractivity contribution in [3.8, 4) is 0 Å². The average Bonchev–Trinajstić information content (AvgIpc) is 2.28. The third-order valence-electron chi connectivity index (χ3n) is 2.52. The molecule has 78 valence electrons. The van der Waals surface area contributed by atoms with Crippen LogP contribution in [0.4, 0.5) is 0 Å². The maximum absolute atomic E-state index is 11.4. The zero-order valence-corrected chi connectivity index (χ0v) is 7.99. The normalized spacial score (nSPS) is 22.9. The monoisotopic (exact) mass is 198 g/mol. The number of ketones is 2. The van der Waals surface area contributed by atoms with Gasteiger partial charge < -0.3 is 5.11 Å². The molecule has 0 aliphatic heterocycles. The highest BCUT2D eigenvalue weighted by atomic mass is 16.4. The first-order valence-corrected chi connectivity index (χ1v) is 4.88. The summed E-state index contributed by atoms with van der Waals surface area (Å²) in [6.45, 7) is 0. The molecule has 0 aromatic rings. The number of carboxylic acid groups (broad SMARTS) is 1. The number of carbonyl (C=O) groups is 3. The lowest BCUT2D eigenvalue weighted by molar-refractivity contribution is -0.142. The van der Waals surface area contributed by atoms with Crippen LogP contribution in [0.1, 0.15) is 38.5 Å². The van der Waals surface area contributed by atoms with Gasteiger partial charge in [-0.2, -0.15) is 0 Å². The minimum atomic E-state index is -1.15. The van der Waals surface area contributed by atoms with E-state index in [1.54, 1.807) is 0 Å². The predicted molar refractivity (Wildman–Crippen MR) is 48.8 cm³/mol. The molecule has 1 saturated carbocycles. The summed E-state index contributed by atoms with van der Waals surface area (Å²) in [7, 11) is 0. The van der Waals surface area contributed by atoms with Crippen molar-refractivity contribution in [1.29, 1.82) is 0 Å². The maximum Gasteiger partial charge on any atom is 0.310 e. The van der Waals surface area contributed by atoms with Gasteiger partial charge in [0.15, 0.2) is 5.78 Å². The quantitative estimate of drug-likeness (QED) is 0.546. The van der Waals surface area contributed by atoms with E-state index in [4.69, 9.17) is 5.11 Å². The van der Waals surface area contributed by atoms with Crippen LogP contribution in [0.5, 0.6) is 0 Å². The Balaban J connectivity index is 2.59. The summed E-state index contributed by atoms with van der Waals surface area (Å²) in [5.74, 6) is -2.29. The van der Waals surface area contributed by atoms with Crippen LogP contribution in [-0.4, -0.2) is 22.6 Å². The Morgan fingerprint density at radius 3 is 2.64 bits per heavy atom. The van der Waals surface area contributed by atoms with Crippen LogP contribution in [0.25, 0.3) is 0 Å². The lowest BCUT2D eigenvalue weighted by Gasteiger charge is -2.09. The Hall–Kier alpha value is -1.19. The van der Waals surface area contributed by atoms with E-state index < -0.39 is 24.1 Å². The Kier molecular flexibility index (Phi) is 3.80. The van der Waals surface area contributed by atoms with Crippen molar-refractivity contribution in [3.05, 3.63) is 0 Å². The minimum Gasteiger partial charge on any atom is -0.481 e. The molecular formula is C10H14O4. The molecule has 0 saturated heterocycles. The molecule has 1 N–H and O–H groups in total. The van der Waals surface area contributed by atoms with Crippen molar-refractivity contribution < 1.29 is 19.5 Å². The highest BCUT2D eigenvalue weighted by molar-refractivity contribution is 6.07. The fraction of sp³-hybridized carbons (Fsp3) is 0.700. The first-order chi connectivity index (χ1) is 6.61. The lowest BCUT2D eigenvalue weighted by atomic mass is 9.92. The number of carboxylic acids is 1. The van der Waals surface area contributed by atoms with Gasteiger partial charge in [-0.1, -0.05) is 12.8 Å². The molecule has 1 atom stereocenters. The topological polar surface area (TPSA) is 71.4 Å². The fourth-order valence-electron chi connectivity index (χ4n) is 1.77. The SMILES string of the molecule is O=C(O)CC(=O)C1CCCCCC1=O. The highest BCUT2D eigenvalue weighted by Gasteiger charge is 2.28. The van der Waals surface area contributed by atoms with E-state index in [2.05, 4.69) is 0 Å². The molecule has 0 bridgehead atoms. The van der Waals surface area contributed by atoms with Gasteiger partial charge in [0.1, 0.15) is 12.2 Å². The number of hydrogen-bond donors (Lipinski definition) is 1. The van der Waals surface area contributed by atoms with Gasteiger partial charge >= 0.3 is 5.97 Å². The van der Waals surface area contributed by atoms with Gasteiger partial charge in [0.05, 0.1) is 5.92 Å². The van der Waals surface area contributed by atoms with E-state index in [1.807, 2.05) is 0 Å². The second kappa shape index (κ2) is 4.88. The van der Waals surface area contributed by atoms with Gasteiger partial charge in [-0.15, -0.1) is 0 Å². The Bertz CT molecular complexity index is 257. The molecule has 0 radical (unpaired) electrons. The first-order valence-electron chi connectivity index (χ1n) is 4.88. The van der Waals surface area contributed by atoms with Gasteiger partial charge in [-0.25, -0.2) is 0 Å². The summed E-state index contributed by atoms with van der Waals surface area (Å²) >= 11 is 0. The second-order valence-corrected chi connectivity index (χ2v) is 3.66. The van der Waals surface area contributed by atoms with E-state index in [9.17, 15) is 14.4 Å². The summed E-state index contributed by atoms with van der Waals surface area (Å²) < 4.78 is 0. The number of rotatable bonds is 3. The van der Waals surface area contributed by atoms with Crippen molar-refractivity contribution in [2.75, 3.05) is 0 Å². The lowest BCUT2D eigenvalue weighted by Crippen LogP contribution is -2.24. The molecule has 0 aromatic carbocycles. The van der Waals surface area contributed by atoms with Gasteiger partial charge in [-0.3, -0.25) is 14.4 Å². The van der Waals surface area contributed by atoms with Gasteiger partial charge in [-0.05, 0) is 12.8 Å². The molecule has 1 rings (SSSR count). The zero-order chi connectivity index (χ0) is 10.6. The van der Waals surface area contributed by atoms with Crippen molar-refractivity contribution in [2.45, 2.75) is 38.5 Å². The van der Waals surface area contributed by atoms with Crippen LogP contribution in [0.15, 0.2) is 0 Å². The highest BCUT2D eigenvalue weighted by Crippen LogP contribution is 2.21. The van der Waals surface area contributed by atoms with E-state index in [-0.39, 0.29) is 5.78 Å². The van der Waals surface area contributed by atoms with Crippen LogP contribution in [0, 0.1) is 5.92 Å². The zero-order valence-electron chi connectivity index (χ0n) is 7.99. The third-order valence-corrected chi connectivity index (χ3v) is 2.52. The molecular weight excluding hydrogens is 184 g/mol. The Labute approximate surface area is 82.3 Å². The van der Waals surface area contributed by atoms with E-state index >= 15 is 0 Å². The van der Waals surface area contributed by atoms with Crippen molar-refractivity contribution >= 4 is 17.5 Å². The van der Waals surface area contributed by atoms with Crippen LogP contribution < -0.4 is 0 Å². The molecule has 14 heavy (non-hydrogen) atoms. The third kappa shape index (κ3) is 2.94. The molecule has 4 heteroatoms. The standard InChI is InChI=1S/C10H14O4/c11-8-5-3-1-2-4-7(8)9(12)6-10(13)14/h7H,1-6H2,(H,13,14). The summed E-state index contributed by atoms with van der Waals surface area (Å²) in [5.41, 5.74) is 0. The minimum absolute atomic E-state index is 0.0752. The second-order valence-electron chi connectivity index (χ2n) is 3.66.